The highest BCUT2D eigenvalue weighted by atomic mass is 35.5. The molecular formula is C16H17ClN2O2. The van der Waals surface area contributed by atoms with E-state index in [9.17, 15) is 0 Å². The van der Waals surface area contributed by atoms with Gasteiger partial charge in [-0.05, 0) is 48.9 Å². The molecule has 0 heterocycles. The molecule has 0 fully saturated rings. The Balaban J connectivity index is 2.09. The minimum Gasteiger partial charge on any atom is -0.494 e. The van der Waals surface area contributed by atoms with Crippen molar-refractivity contribution in [2.24, 2.45) is 5.73 Å². The molecule has 2 aromatic carbocycles. The van der Waals surface area contributed by atoms with Gasteiger partial charge in [0.1, 0.15) is 23.1 Å². The molecule has 0 saturated heterocycles. The molecule has 0 atom stereocenters. The summed E-state index contributed by atoms with van der Waals surface area (Å²) in [7, 11) is 0. The number of benzene rings is 2. The largest absolute Gasteiger partial charge is 0.494 e. The molecule has 110 valence electrons. The second-order valence-electron chi connectivity index (χ2n) is 4.48. The topological polar surface area (TPSA) is 68.3 Å². The molecule has 21 heavy (non-hydrogen) atoms. The van der Waals surface area contributed by atoms with Crippen LogP contribution >= 0.6 is 11.6 Å². The summed E-state index contributed by atoms with van der Waals surface area (Å²) in [4.78, 5) is 0. The lowest BCUT2D eigenvalue weighted by atomic mass is 10.2. The summed E-state index contributed by atoms with van der Waals surface area (Å²) in [5.41, 5.74) is 5.98. The lowest BCUT2D eigenvalue weighted by molar-refractivity contribution is 0.317. The van der Waals surface area contributed by atoms with Crippen LogP contribution in [0.15, 0.2) is 42.5 Å². The predicted molar refractivity (Wildman–Crippen MR) is 84.8 cm³/mol. The Morgan fingerprint density at radius 1 is 1.14 bits per heavy atom. The fourth-order valence-electron chi connectivity index (χ4n) is 1.70. The van der Waals surface area contributed by atoms with E-state index >= 15 is 0 Å². The van der Waals surface area contributed by atoms with Gasteiger partial charge in [-0.2, -0.15) is 0 Å². The molecule has 2 rings (SSSR count). The van der Waals surface area contributed by atoms with Crippen molar-refractivity contribution in [1.29, 1.82) is 5.41 Å². The van der Waals surface area contributed by atoms with Crippen molar-refractivity contribution in [3.8, 4) is 17.2 Å². The van der Waals surface area contributed by atoms with Crippen LogP contribution in [0.2, 0.25) is 5.02 Å². The third-order valence-corrected chi connectivity index (χ3v) is 3.06. The molecule has 0 aliphatic carbocycles. The molecule has 0 aliphatic heterocycles. The van der Waals surface area contributed by atoms with Gasteiger partial charge in [-0.15, -0.1) is 0 Å². The number of rotatable bonds is 6. The molecule has 0 spiro atoms. The molecule has 0 amide bonds. The number of amidine groups is 1. The molecule has 0 saturated carbocycles. The van der Waals surface area contributed by atoms with E-state index in [0.29, 0.717) is 28.7 Å². The van der Waals surface area contributed by atoms with Crippen LogP contribution in [0.3, 0.4) is 0 Å². The molecule has 3 N–H and O–H groups in total. The monoisotopic (exact) mass is 304 g/mol. The van der Waals surface area contributed by atoms with Gasteiger partial charge < -0.3 is 15.2 Å². The van der Waals surface area contributed by atoms with Gasteiger partial charge in [0.15, 0.2) is 0 Å². The Labute approximate surface area is 129 Å². The molecule has 0 bridgehead atoms. The van der Waals surface area contributed by atoms with Crippen molar-refractivity contribution in [2.75, 3.05) is 6.61 Å². The number of halogens is 1. The van der Waals surface area contributed by atoms with E-state index in [2.05, 4.69) is 6.92 Å². The van der Waals surface area contributed by atoms with E-state index in [1.165, 1.54) is 0 Å². The van der Waals surface area contributed by atoms with E-state index in [1.807, 2.05) is 24.3 Å². The second kappa shape index (κ2) is 6.99. The van der Waals surface area contributed by atoms with Gasteiger partial charge in [-0.1, -0.05) is 18.5 Å². The zero-order valence-electron chi connectivity index (χ0n) is 11.7. The third kappa shape index (κ3) is 4.13. The van der Waals surface area contributed by atoms with Crippen LogP contribution in [-0.2, 0) is 0 Å². The van der Waals surface area contributed by atoms with E-state index in [4.69, 9.17) is 32.2 Å². The highest BCUT2D eigenvalue weighted by Crippen LogP contribution is 2.30. The number of nitrogen functional groups attached to an aromatic ring is 1. The van der Waals surface area contributed by atoms with Gasteiger partial charge in [0.05, 0.1) is 11.6 Å². The van der Waals surface area contributed by atoms with Crippen molar-refractivity contribution < 1.29 is 9.47 Å². The van der Waals surface area contributed by atoms with Crippen LogP contribution in [0.25, 0.3) is 0 Å². The first kappa shape index (κ1) is 15.2. The SMILES string of the molecule is CCCOc1ccc(Oc2ccc(C(=N)N)cc2Cl)cc1. The van der Waals surface area contributed by atoms with Crippen LogP contribution in [0.5, 0.6) is 17.2 Å². The van der Waals surface area contributed by atoms with Crippen LogP contribution in [0.4, 0.5) is 0 Å². The lowest BCUT2D eigenvalue weighted by Gasteiger charge is -2.10. The molecular weight excluding hydrogens is 288 g/mol. The molecule has 0 aromatic heterocycles. The van der Waals surface area contributed by atoms with E-state index < -0.39 is 0 Å². The third-order valence-electron chi connectivity index (χ3n) is 2.77. The van der Waals surface area contributed by atoms with E-state index in [-0.39, 0.29) is 5.84 Å². The van der Waals surface area contributed by atoms with Crippen molar-refractivity contribution >= 4 is 17.4 Å². The summed E-state index contributed by atoms with van der Waals surface area (Å²) in [6, 6.07) is 12.3. The number of hydrogen-bond donors (Lipinski definition) is 2. The first-order chi connectivity index (χ1) is 10.1. The first-order valence-corrected chi connectivity index (χ1v) is 7.02. The Morgan fingerprint density at radius 2 is 1.81 bits per heavy atom. The van der Waals surface area contributed by atoms with Gasteiger partial charge in [-0.25, -0.2) is 0 Å². The summed E-state index contributed by atoms with van der Waals surface area (Å²) < 4.78 is 11.2. The lowest BCUT2D eigenvalue weighted by Crippen LogP contribution is -2.10. The minimum atomic E-state index is -0.0270. The Bertz CT molecular complexity index is 627. The predicted octanol–water partition coefficient (Wildman–Crippen LogP) is 4.21. The van der Waals surface area contributed by atoms with Gasteiger partial charge in [0.2, 0.25) is 0 Å². The maximum Gasteiger partial charge on any atom is 0.146 e. The standard InChI is InChI=1S/C16H17ClN2O2/c1-2-9-20-12-4-6-13(7-5-12)21-15-8-3-11(16(18)19)10-14(15)17/h3-8,10H,2,9H2,1H3,(H3,18,19). The molecule has 2 aromatic rings. The second-order valence-corrected chi connectivity index (χ2v) is 4.89. The number of nitrogens with two attached hydrogens (primary N) is 1. The van der Waals surface area contributed by atoms with Gasteiger partial charge >= 0.3 is 0 Å². The smallest absolute Gasteiger partial charge is 0.146 e. The van der Waals surface area contributed by atoms with Crippen molar-refractivity contribution in [1.82, 2.24) is 0 Å². The van der Waals surface area contributed by atoms with Gasteiger partial charge in [0, 0.05) is 5.56 Å². The summed E-state index contributed by atoms with van der Waals surface area (Å²) in [6.07, 6.45) is 0.969. The number of nitrogens with one attached hydrogen (secondary N) is 1. The Hall–Kier alpha value is -2.20. The summed E-state index contributed by atoms with van der Waals surface area (Å²) >= 11 is 6.12. The van der Waals surface area contributed by atoms with E-state index in [1.54, 1.807) is 18.2 Å². The molecule has 4 nitrogen and oxygen atoms in total. The number of hydrogen-bond acceptors (Lipinski definition) is 3. The zero-order chi connectivity index (χ0) is 15.2. The van der Waals surface area contributed by atoms with Crippen LogP contribution < -0.4 is 15.2 Å². The fourth-order valence-corrected chi connectivity index (χ4v) is 1.92. The van der Waals surface area contributed by atoms with Gasteiger partial charge in [0.25, 0.3) is 0 Å². The average Bonchev–Trinajstić information content (AvgIpc) is 2.48. The zero-order valence-corrected chi connectivity index (χ0v) is 12.5. The van der Waals surface area contributed by atoms with Crippen molar-refractivity contribution in [3.05, 3.63) is 53.1 Å². The molecule has 0 radical (unpaired) electrons. The van der Waals surface area contributed by atoms with Crippen LogP contribution in [0.1, 0.15) is 18.9 Å². The minimum absolute atomic E-state index is 0.0270. The first-order valence-electron chi connectivity index (χ1n) is 6.65. The highest BCUT2D eigenvalue weighted by Gasteiger charge is 2.06. The van der Waals surface area contributed by atoms with Crippen LogP contribution in [-0.4, -0.2) is 12.4 Å². The Kier molecular flexibility index (Phi) is 5.06. The van der Waals surface area contributed by atoms with Crippen LogP contribution in [0, 0.1) is 5.41 Å². The highest BCUT2D eigenvalue weighted by molar-refractivity contribution is 6.32. The molecule has 5 heteroatoms. The maximum atomic E-state index is 7.37. The average molecular weight is 305 g/mol. The molecule has 0 aliphatic rings. The quantitative estimate of drug-likeness (QED) is 0.620. The normalized spacial score (nSPS) is 10.2. The summed E-state index contributed by atoms with van der Waals surface area (Å²) in [5, 5.41) is 7.78. The Morgan fingerprint density at radius 3 is 2.38 bits per heavy atom. The maximum absolute atomic E-state index is 7.37. The van der Waals surface area contributed by atoms with Gasteiger partial charge in [-0.3, -0.25) is 5.41 Å². The summed E-state index contributed by atoms with van der Waals surface area (Å²) in [6.45, 7) is 2.75. The fraction of sp³-hybridized carbons (Fsp3) is 0.188. The molecule has 0 unspecified atom stereocenters. The number of ether oxygens (including phenoxy) is 2. The summed E-state index contributed by atoms with van der Waals surface area (Å²) in [5.74, 6) is 1.96. The van der Waals surface area contributed by atoms with E-state index in [0.717, 1.165) is 12.2 Å². The van der Waals surface area contributed by atoms with Crippen molar-refractivity contribution in [2.45, 2.75) is 13.3 Å². The van der Waals surface area contributed by atoms with Crippen molar-refractivity contribution in [3.63, 3.8) is 0 Å².